The van der Waals surface area contributed by atoms with E-state index in [1.165, 1.54) is 25.7 Å². The molecule has 0 unspecified atom stereocenters. The van der Waals surface area contributed by atoms with Crippen LogP contribution in [0.4, 0.5) is 0 Å². The fourth-order valence-corrected chi connectivity index (χ4v) is 5.52. The van der Waals surface area contributed by atoms with Crippen molar-refractivity contribution in [1.29, 1.82) is 0 Å². The molecule has 2 aliphatic carbocycles. The molecule has 5 heteroatoms. The number of rotatable bonds is 4. The van der Waals surface area contributed by atoms with Crippen LogP contribution in [0.3, 0.4) is 0 Å². The Balaban J connectivity index is 1.40. The summed E-state index contributed by atoms with van der Waals surface area (Å²) in [6.07, 6.45) is 6.55. The second-order valence-electron chi connectivity index (χ2n) is 8.24. The van der Waals surface area contributed by atoms with Crippen LogP contribution in [-0.2, 0) is 4.74 Å². The molecule has 1 saturated heterocycles. The molecule has 2 saturated carbocycles. The number of aromatic nitrogens is 1. The van der Waals surface area contributed by atoms with Crippen LogP contribution in [0.15, 0.2) is 34.9 Å². The van der Waals surface area contributed by atoms with Crippen molar-refractivity contribution in [3.63, 3.8) is 0 Å². The highest BCUT2D eigenvalue weighted by Gasteiger charge is 2.57. The van der Waals surface area contributed by atoms with Crippen molar-refractivity contribution < 1.29 is 14.1 Å². The van der Waals surface area contributed by atoms with Gasteiger partial charge in [-0.25, -0.2) is 0 Å². The normalized spacial score (nSPS) is 30.1. The van der Waals surface area contributed by atoms with Crippen LogP contribution in [0.25, 0.3) is 11.3 Å². The van der Waals surface area contributed by atoms with E-state index in [0.717, 1.165) is 18.6 Å². The third-order valence-electron chi connectivity index (χ3n) is 6.82. The van der Waals surface area contributed by atoms with Gasteiger partial charge in [0.25, 0.3) is 5.91 Å². The summed E-state index contributed by atoms with van der Waals surface area (Å²) < 4.78 is 11.4. The van der Waals surface area contributed by atoms with Gasteiger partial charge in [0.1, 0.15) is 17.0 Å². The number of hydrogen-bond donors (Lipinski definition) is 1. The number of benzene rings is 1. The maximum absolute atomic E-state index is 13.2. The van der Waals surface area contributed by atoms with Gasteiger partial charge in [-0.15, -0.1) is 0 Å². The molecule has 1 aliphatic heterocycles. The molecule has 2 heterocycles. The SMILES string of the molecule is Cc1onc(-c2ccccc2)c1C(=O)N[C@@H]1[C@@H]2CCO[C@@H]2[C@@H]1C1CCCC1. The molecule has 5 rings (SSSR count). The molecule has 5 nitrogen and oxygen atoms in total. The predicted molar refractivity (Wildman–Crippen MR) is 101 cm³/mol. The topological polar surface area (TPSA) is 64.4 Å². The standard InChI is InChI=1S/C22H26N2O3/c1-13-17(19(24-27-13)15-9-3-2-4-10-15)22(25)23-20-16-11-12-26-21(16)18(20)14-7-5-6-8-14/h2-4,9-10,14,16,18,20-21H,5-8,11-12H2,1H3,(H,23,25)/t16-,18+,20+,21-/m0/s1. The summed E-state index contributed by atoms with van der Waals surface area (Å²) in [6.45, 7) is 2.64. The van der Waals surface area contributed by atoms with E-state index in [1.807, 2.05) is 37.3 Å². The highest BCUT2D eigenvalue weighted by Crippen LogP contribution is 2.51. The summed E-state index contributed by atoms with van der Waals surface area (Å²) >= 11 is 0. The highest BCUT2D eigenvalue weighted by molar-refractivity contribution is 6.01. The minimum absolute atomic E-state index is 0.0639. The Kier molecular flexibility index (Phi) is 4.27. The number of aryl methyl sites for hydroxylation is 1. The van der Waals surface area contributed by atoms with Gasteiger partial charge < -0.3 is 14.6 Å². The fourth-order valence-electron chi connectivity index (χ4n) is 5.52. The minimum atomic E-state index is -0.0639. The lowest BCUT2D eigenvalue weighted by molar-refractivity contribution is -0.0784. The van der Waals surface area contributed by atoms with Crippen LogP contribution in [-0.4, -0.2) is 29.8 Å². The molecule has 1 aromatic heterocycles. The number of amides is 1. The van der Waals surface area contributed by atoms with Crippen molar-refractivity contribution in [3.05, 3.63) is 41.7 Å². The van der Waals surface area contributed by atoms with E-state index in [0.29, 0.717) is 40.9 Å². The van der Waals surface area contributed by atoms with Crippen LogP contribution < -0.4 is 5.32 Å². The molecule has 3 fully saturated rings. The van der Waals surface area contributed by atoms with Crippen LogP contribution >= 0.6 is 0 Å². The van der Waals surface area contributed by atoms with E-state index >= 15 is 0 Å². The van der Waals surface area contributed by atoms with E-state index in [4.69, 9.17) is 9.26 Å². The van der Waals surface area contributed by atoms with E-state index in [-0.39, 0.29) is 11.9 Å². The molecular weight excluding hydrogens is 340 g/mol. The largest absolute Gasteiger partial charge is 0.377 e. The zero-order chi connectivity index (χ0) is 18.4. The first kappa shape index (κ1) is 17.0. The van der Waals surface area contributed by atoms with Crippen molar-refractivity contribution >= 4 is 5.91 Å². The summed E-state index contributed by atoms with van der Waals surface area (Å²) in [5.74, 6) is 2.12. The number of nitrogens with zero attached hydrogens (tertiary/aromatic N) is 1. The lowest BCUT2D eigenvalue weighted by Gasteiger charge is -2.50. The van der Waals surface area contributed by atoms with Crippen molar-refractivity contribution in [1.82, 2.24) is 10.5 Å². The Morgan fingerprint density at radius 2 is 1.93 bits per heavy atom. The molecule has 1 N–H and O–H groups in total. The summed E-state index contributed by atoms with van der Waals surface area (Å²) in [5, 5.41) is 7.51. The van der Waals surface area contributed by atoms with Gasteiger partial charge in [-0.2, -0.15) is 0 Å². The second-order valence-corrected chi connectivity index (χ2v) is 8.24. The molecule has 0 bridgehead atoms. The van der Waals surface area contributed by atoms with Crippen molar-refractivity contribution in [3.8, 4) is 11.3 Å². The molecule has 27 heavy (non-hydrogen) atoms. The van der Waals surface area contributed by atoms with Crippen LogP contribution in [0.5, 0.6) is 0 Å². The van der Waals surface area contributed by atoms with E-state index in [2.05, 4.69) is 10.5 Å². The molecule has 0 spiro atoms. The molecule has 2 aromatic rings. The highest BCUT2D eigenvalue weighted by atomic mass is 16.5. The van der Waals surface area contributed by atoms with Gasteiger partial charge in [-0.05, 0) is 19.3 Å². The number of nitrogens with one attached hydrogen (secondary N) is 1. The lowest BCUT2D eigenvalue weighted by Crippen LogP contribution is -2.63. The summed E-state index contributed by atoms with van der Waals surface area (Å²) in [7, 11) is 0. The van der Waals surface area contributed by atoms with Crippen molar-refractivity contribution in [2.75, 3.05) is 6.61 Å². The van der Waals surface area contributed by atoms with Crippen molar-refractivity contribution in [2.45, 2.75) is 51.2 Å². The zero-order valence-corrected chi connectivity index (χ0v) is 15.7. The van der Waals surface area contributed by atoms with Gasteiger partial charge in [0, 0.05) is 30.0 Å². The van der Waals surface area contributed by atoms with Crippen LogP contribution in [0, 0.1) is 24.7 Å². The molecule has 3 aliphatic rings. The number of hydrogen-bond acceptors (Lipinski definition) is 4. The first-order valence-corrected chi connectivity index (χ1v) is 10.2. The predicted octanol–water partition coefficient (Wildman–Crippen LogP) is 3.97. The monoisotopic (exact) mass is 366 g/mol. The Morgan fingerprint density at radius 1 is 1.15 bits per heavy atom. The Morgan fingerprint density at radius 3 is 2.70 bits per heavy atom. The second kappa shape index (κ2) is 6.79. The van der Waals surface area contributed by atoms with Gasteiger partial charge in [-0.3, -0.25) is 4.79 Å². The molecule has 142 valence electrons. The summed E-state index contributed by atoms with van der Waals surface area (Å²) in [5.41, 5.74) is 2.10. The van der Waals surface area contributed by atoms with Crippen molar-refractivity contribution in [2.24, 2.45) is 17.8 Å². The van der Waals surface area contributed by atoms with Crippen LogP contribution in [0.2, 0.25) is 0 Å². The third-order valence-corrected chi connectivity index (χ3v) is 6.82. The van der Waals surface area contributed by atoms with E-state index in [1.54, 1.807) is 0 Å². The molecule has 4 atom stereocenters. The Hall–Kier alpha value is -2.14. The maximum atomic E-state index is 13.2. The molecule has 1 amide bonds. The fraction of sp³-hybridized carbons (Fsp3) is 0.545. The average molecular weight is 366 g/mol. The quantitative estimate of drug-likeness (QED) is 0.889. The van der Waals surface area contributed by atoms with Gasteiger partial charge in [0.05, 0.1) is 6.10 Å². The van der Waals surface area contributed by atoms with Gasteiger partial charge in [-0.1, -0.05) is 61.2 Å². The number of ether oxygens (including phenoxy) is 1. The van der Waals surface area contributed by atoms with E-state index in [9.17, 15) is 4.79 Å². The lowest BCUT2D eigenvalue weighted by atomic mass is 9.61. The summed E-state index contributed by atoms with van der Waals surface area (Å²) in [6, 6.07) is 9.98. The van der Waals surface area contributed by atoms with Gasteiger partial charge in [0.2, 0.25) is 0 Å². The minimum Gasteiger partial charge on any atom is -0.377 e. The Labute approximate surface area is 159 Å². The van der Waals surface area contributed by atoms with Gasteiger partial charge in [0.15, 0.2) is 0 Å². The molecular formula is C22H26N2O3. The summed E-state index contributed by atoms with van der Waals surface area (Å²) in [4.78, 5) is 13.2. The number of carbonyl (C=O) groups is 1. The number of fused-ring (bicyclic) bond motifs is 1. The first-order valence-electron chi connectivity index (χ1n) is 10.2. The maximum Gasteiger partial charge on any atom is 0.257 e. The smallest absolute Gasteiger partial charge is 0.257 e. The molecule has 0 radical (unpaired) electrons. The van der Waals surface area contributed by atoms with Gasteiger partial charge >= 0.3 is 0 Å². The molecule has 1 aromatic carbocycles. The third kappa shape index (κ3) is 2.80. The van der Waals surface area contributed by atoms with E-state index < -0.39 is 0 Å². The average Bonchev–Trinajstić information content (AvgIpc) is 3.41. The zero-order valence-electron chi connectivity index (χ0n) is 15.7. The Bertz CT molecular complexity index is 821. The number of carbonyl (C=O) groups excluding carboxylic acids is 1. The van der Waals surface area contributed by atoms with Crippen LogP contribution in [0.1, 0.15) is 48.2 Å². The first-order chi connectivity index (χ1) is 13.2.